The van der Waals surface area contributed by atoms with Gasteiger partial charge in [0.15, 0.2) is 0 Å². The number of rotatable bonds is 5. The third-order valence-corrected chi connectivity index (χ3v) is 4.09. The van der Waals surface area contributed by atoms with Crippen LogP contribution >= 0.6 is 15.9 Å². The van der Waals surface area contributed by atoms with Crippen LogP contribution < -0.4 is 10.6 Å². The van der Waals surface area contributed by atoms with E-state index in [9.17, 15) is 8.78 Å². The van der Waals surface area contributed by atoms with Gasteiger partial charge in [0.05, 0.1) is 6.04 Å². The minimum absolute atomic E-state index is 0.160. The second kappa shape index (κ2) is 7.00. The number of likely N-dealkylation sites (N-methyl/N-ethyl adjacent to an activating group) is 1. The molecule has 0 bridgehead atoms. The molecule has 0 aliphatic heterocycles. The maximum absolute atomic E-state index is 13.4. The summed E-state index contributed by atoms with van der Waals surface area (Å²) in [6.45, 7) is 2.98. The first kappa shape index (κ1) is 15.9. The third-order valence-electron chi connectivity index (χ3n) is 3.40. The van der Waals surface area contributed by atoms with Crippen molar-refractivity contribution in [3.63, 3.8) is 0 Å². The highest BCUT2D eigenvalue weighted by atomic mass is 79.9. The largest absolute Gasteiger partial charge is 0.363 e. The molecule has 0 saturated carbocycles. The molecule has 0 saturated heterocycles. The van der Waals surface area contributed by atoms with E-state index >= 15 is 0 Å². The highest BCUT2D eigenvalue weighted by Gasteiger charge is 2.21. The van der Waals surface area contributed by atoms with Gasteiger partial charge in [-0.3, -0.25) is 0 Å². The lowest BCUT2D eigenvalue weighted by molar-refractivity contribution is 0.608. The van der Waals surface area contributed by atoms with E-state index in [4.69, 9.17) is 5.73 Å². The normalized spacial score (nSPS) is 12.2. The lowest BCUT2D eigenvalue weighted by Gasteiger charge is -2.33. The molecule has 2 aromatic carbocycles. The van der Waals surface area contributed by atoms with Crippen molar-refractivity contribution in [3.8, 4) is 0 Å². The average molecular weight is 355 g/mol. The highest BCUT2D eigenvalue weighted by molar-refractivity contribution is 9.10. The highest BCUT2D eigenvalue weighted by Crippen LogP contribution is 2.31. The Kier molecular flexibility index (Phi) is 5.31. The molecule has 0 aliphatic carbocycles. The summed E-state index contributed by atoms with van der Waals surface area (Å²) in [5.41, 5.74) is 7.55. The van der Waals surface area contributed by atoms with Crippen molar-refractivity contribution < 1.29 is 8.78 Å². The molecule has 0 fully saturated rings. The maximum atomic E-state index is 13.4. The molecular formula is C16H17BrF2N2. The summed E-state index contributed by atoms with van der Waals surface area (Å²) in [5, 5.41) is 0. The quantitative estimate of drug-likeness (QED) is 0.869. The van der Waals surface area contributed by atoms with Gasteiger partial charge >= 0.3 is 0 Å². The van der Waals surface area contributed by atoms with Crippen molar-refractivity contribution in [2.75, 3.05) is 18.0 Å². The van der Waals surface area contributed by atoms with Crippen molar-refractivity contribution in [3.05, 3.63) is 64.1 Å². The maximum Gasteiger partial charge on any atom is 0.125 e. The molecule has 0 radical (unpaired) electrons. The molecule has 5 heteroatoms. The molecular weight excluding hydrogens is 338 g/mol. The van der Waals surface area contributed by atoms with Crippen LogP contribution in [-0.2, 0) is 0 Å². The summed E-state index contributed by atoms with van der Waals surface area (Å²) < 4.78 is 27.4. The Labute approximate surface area is 131 Å². The van der Waals surface area contributed by atoms with Crippen LogP contribution in [0.25, 0.3) is 0 Å². The molecule has 0 spiro atoms. The molecule has 2 nitrogen and oxygen atoms in total. The van der Waals surface area contributed by atoms with E-state index in [1.165, 1.54) is 24.3 Å². The van der Waals surface area contributed by atoms with E-state index in [2.05, 4.69) is 15.9 Å². The van der Waals surface area contributed by atoms with Gasteiger partial charge in [0.1, 0.15) is 11.6 Å². The van der Waals surface area contributed by atoms with E-state index < -0.39 is 0 Å². The van der Waals surface area contributed by atoms with Crippen molar-refractivity contribution in [1.29, 1.82) is 0 Å². The van der Waals surface area contributed by atoms with Crippen LogP contribution in [0.3, 0.4) is 0 Å². The van der Waals surface area contributed by atoms with Crippen molar-refractivity contribution in [2.45, 2.75) is 13.0 Å². The monoisotopic (exact) mass is 354 g/mol. The van der Waals surface area contributed by atoms with E-state index in [0.29, 0.717) is 17.6 Å². The first-order valence-electron chi connectivity index (χ1n) is 6.74. The third kappa shape index (κ3) is 3.60. The minimum Gasteiger partial charge on any atom is -0.363 e. The number of benzene rings is 2. The van der Waals surface area contributed by atoms with Gasteiger partial charge in [-0.15, -0.1) is 0 Å². The summed E-state index contributed by atoms with van der Waals surface area (Å²) in [6, 6.07) is 10.8. The first-order chi connectivity index (χ1) is 10.1. The lowest BCUT2D eigenvalue weighted by atomic mass is 10.0. The van der Waals surface area contributed by atoms with Gasteiger partial charge in [-0.05, 0) is 42.8 Å². The van der Waals surface area contributed by atoms with Crippen LogP contribution in [0.5, 0.6) is 0 Å². The van der Waals surface area contributed by atoms with E-state index in [1.807, 2.05) is 17.9 Å². The Bertz CT molecular complexity index is 619. The van der Waals surface area contributed by atoms with Gasteiger partial charge in [0.2, 0.25) is 0 Å². The van der Waals surface area contributed by atoms with E-state index in [0.717, 1.165) is 11.3 Å². The fourth-order valence-corrected chi connectivity index (χ4v) is 3.05. The van der Waals surface area contributed by atoms with Gasteiger partial charge in [-0.1, -0.05) is 28.1 Å². The molecule has 0 amide bonds. The van der Waals surface area contributed by atoms with Crippen LogP contribution in [0.1, 0.15) is 18.5 Å². The predicted molar refractivity (Wildman–Crippen MR) is 85.3 cm³/mol. The molecule has 0 aliphatic rings. The summed E-state index contributed by atoms with van der Waals surface area (Å²) in [7, 11) is 0. The number of nitrogens with two attached hydrogens (primary N) is 1. The fourth-order valence-electron chi connectivity index (χ4n) is 2.43. The van der Waals surface area contributed by atoms with Crippen molar-refractivity contribution in [1.82, 2.24) is 0 Å². The molecule has 2 N–H and O–H groups in total. The average Bonchev–Trinajstić information content (AvgIpc) is 2.45. The Morgan fingerprint density at radius 3 is 2.43 bits per heavy atom. The van der Waals surface area contributed by atoms with E-state index in [1.54, 1.807) is 12.1 Å². The second-order valence-corrected chi connectivity index (χ2v) is 5.54. The summed E-state index contributed by atoms with van der Waals surface area (Å²) in [6.07, 6.45) is 0. The molecule has 1 unspecified atom stereocenters. The molecule has 2 aromatic rings. The molecule has 0 aromatic heterocycles. The van der Waals surface area contributed by atoms with Gasteiger partial charge in [-0.25, -0.2) is 8.78 Å². The number of hydrogen-bond donors (Lipinski definition) is 1. The van der Waals surface area contributed by atoms with Crippen molar-refractivity contribution in [2.24, 2.45) is 5.73 Å². The topological polar surface area (TPSA) is 29.3 Å². The molecule has 1 atom stereocenters. The van der Waals surface area contributed by atoms with E-state index in [-0.39, 0.29) is 17.7 Å². The molecule has 2 rings (SSSR count). The summed E-state index contributed by atoms with van der Waals surface area (Å²) in [5.74, 6) is -0.602. The van der Waals surface area contributed by atoms with Gasteiger partial charge < -0.3 is 10.6 Å². The van der Waals surface area contributed by atoms with Gasteiger partial charge in [-0.2, -0.15) is 0 Å². The molecule has 21 heavy (non-hydrogen) atoms. The first-order valence-corrected chi connectivity index (χ1v) is 7.53. The Hall–Kier alpha value is -1.46. The standard InChI is InChI=1S/C16H17BrF2N2/c1-2-21(13-5-3-4-11(18)8-13)16(10-20)14-7-6-12(19)9-15(14)17/h3-9,16H,2,10,20H2,1H3. The van der Waals surface area contributed by atoms with Crippen molar-refractivity contribution >= 4 is 21.6 Å². The van der Waals surface area contributed by atoms with Gasteiger partial charge in [0, 0.05) is 23.2 Å². The van der Waals surface area contributed by atoms with Gasteiger partial charge in [0.25, 0.3) is 0 Å². The second-order valence-electron chi connectivity index (χ2n) is 4.68. The van der Waals surface area contributed by atoms with Crippen LogP contribution in [0.15, 0.2) is 46.9 Å². The number of nitrogens with zero attached hydrogens (tertiary/aromatic N) is 1. The number of hydrogen-bond acceptors (Lipinski definition) is 2. The smallest absolute Gasteiger partial charge is 0.125 e. The lowest BCUT2D eigenvalue weighted by Crippen LogP contribution is -2.34. The summed E-state index contributed by atoms with van der Waals surface area (Å²) >= 11 is 3.38. The Morgan fingerprint density at radius 1 is 1.14 bits per heavy atom. The van der Waals surface area contributed by atoms with Crippen LogP contribution in [0.4, 0.5) is 14.5 Å². The number of anilines is 1. The van der Waals surface area contributed by atoms with Crippen LogP contribution in [0.2, 0.25) is 0 Å². The predicted octanol–water partition coefficient (Wildman–Crippen LogP) is 4.25. The fraction of sp³-hybridized carbons (Fsp3) is 0.250. The van der Waals surface area contributed by atoms with Crippen LogP contribution in [0, 0.1) is 11.6 Å². The Morgan fingerprint density at radius 2 is 1.86 bits per heavy atom. The summed E-state index contributed by atoms with van der Waals surface area (Å²) in [4.78, 5) is 2.00. The number of halogens is 3. The molecule has 0 heterocycles. The SMILES string of the molecule is CCN(c1cccc(F)c1)C(CN)c1ccc(F)cc1Br. The zero-order chi connectivity index (χ0) is 15.4. The minimum atomic E-state index is -0.310. The zero-order valence-corrected chi connectivity index (χ0v) is 13.3. The zero-order valence-electron chi connectivity index (χ0n) is 11.7. The van der Waals surface area contributed by atoms with Crippen LogP contribution in [-0.4, -0.2) is 13.1 Å². The Balaban J connectivity index is 2.42. The molecule has 112 valence electrons.